The molecule has 1 heterocycles. The van der Waals surface area contributed by atoms with Gasteiger partial charge in [0, 0.05) is 51.9 Å². The number of carbonyl (C=O) groups is 1. The number of carbonyl (C=O) groups excluding carboxylic acids is 1. The van der Waals surface area contributed by atoms with Crippen LogP contribution in [0.5, 0.6) is 0 Å². The van der Waals surface area contributed by atoms with Crippen molar-refractivity contribution in [3.8, 4) is 0 Å². The molecule has 0 bridgehead atoms. The van der Waals surface area contributed by atoms with Gasteiger partial charge in [-0.3, -0.25) is 14.7 Å². The van der Waals surface area contributed by atoms with Crippen molar-refractivity contribution < 1.29 is 18.0 Å². The Labute approximate surface area is 185 Å². The van der Waals surface area contributed by atoms with Crippen molar-refractivity contribution >= 4 is 17.6 Å². The van der Waals surface area contributed by atoms with E-state index < -0.39 is 11.7 Å². The smallest absolute Gasteiger partial charge is 0.352 e. The average Bonchev–Trinajstić information content (AvgIpc) is 3.17. The average molecular weight is 448 g/mol. The summed E-state index contributed by atoms with van der Waals surface area (Å²) in [5.41, 5.74) is 1.99. The van der Waals surface area contributed by atoms with E-state index in [0.717, 1.165) is 48.5 Å². The van der Waals surface area contributed by atoms with Gasteiger partial charge in [0.05, 0.1) is 5.56 Å². The number of rotatable bonds is 6. The molecule has 1 aliphatic heterocycles. The SMILES string of the molecule is CN=C(NCc1cccc(NC(C)=O)c1)NC1CCN(Cc2ccc(C(F)(F)F)cc2)C1. The van der Waals surface area contributed by atoms with Crippen molar-refractivity contribution in [2.24, 2.45) is 4.99 Å². The summed E-state index contributed by atoms with van der Waals surface area (Å²) in [6.45, 7) is 4.26. The van der Waals surface area contributed by atoms with Crippen LogP contribution in [0, 0.1) is 0 Å². The summed E-state index contributed by atoms with van der Waals surface area (Å²) >= 11 is 0. The van der Waals surface area contributed by atoms with Crippen LogP contribution in [0.4, 0.5) is 18.9 Å². The third-order valence-electron chi connectivity index (χ3n) is 5.23. The molecule has 172 valence electrons. The number of likely N-dealkylation sites (tertiary alicyclic amines) is 1. The molecule has 0 radical (unpaired) electrons. The number of anilines is 1. The van der Waals surface area contributed by atoms with E-state index in [0.29, 0.717) is 19.0 Å². The predicted molar refractivity (Wildman–Crippen MR) is 119 cm³/mol. The van der Waals surface area contributed by atoms with E-state index in [2.05, 4.69) is 25.8 Å². The number of alkyl halides is 3. The highest BCUT2D eigenvalue weighted by Crippen LogP contribution is 2.29. The number of guanidine groups is 1. The number of nitrogens with one attached hydrogen (secondary N) is 3. The van der Waals surface area contributed by atoms with Crippen LogP contribution < -0.4 is 16.0 Å². The quantitative estimate of drug-likeness (QED) is 0.468. The lowest BCUT2D eigenvalue weighted by Gasteiger charge is -2.19. The van der Waals surface area contributed by atoms with Gasteiger partial charge in [-0.25, -0.2) is 0 Å². The minimum Gasteiger partial charge on any atom is -0.352 e. The van der Waals surface area contributed by atoms with Crippen LogP contribution in [0.25, 0.3) is 0 Å². The van der Waals surface area contributed by atoms with Crippen LogP contribution in [-0.4, -0.2) is 42.9 Å². The van der Waals surface area contributed by atoms with Crippen molar-refractivity contribution in [1.29, 1.82) is 0 Å². The van der Waals surface area contributed by atoms with Gasteiger partial charge in [-0.15, -0.1) is 0 Å². The lowest BCUT2D eigenvalue weighted by Crippen LogP contribution is -2.44. The van der Waals surface area contributed by atoms with Gasteiger partial charge in [0.15, 0.2) is 5.96 Å². The first-order chi connectivity index (χ1) is 15.2. The van der Waals surface area contributed by atoms with Crippen LogP contribution in [0.2, 0.25) is 0 Å². The lowest BCUT2D eigenvalue weighted by molar-refractivity contribution is -0.137. The topological polar surface area (TPSA) is 68.8 Å². The van der Waals surface area contributed by atoms with Crippen molar-refractivity contribution in [3.63, 3.8) is 0 Å². The number of amides is 1. The van der Waals surface area contributed by atoms with E-state index in [1.807, 2.05) is 24.3 Å². The third kappa shape index (κ3) is 6.98. The fraction of sp³-hybridized carbons (Fsp3) is 0.391. The second-order valence-electron chi connectivity index (χ2n) is 7.87. The third-order valence-corrected chi connectivity index (χ3v) is 5.23. The number of aliphatic imine (C=N–C) groups is 1. The molecule has 6 nitrogen and oxygen atoms in total. The molecular formula is C23H28F3N5O. The molecule has 2 aromatic rings. The molecule has 1 aliphatic rings. The van der Waals surface area contributed by atoms with Gasteiger partial charge >= 0.3 is 6.18 Å². The molecule has 0 aromatic heterocycles. The fourth-order valence-electron chi connectivity index (χ4n) is 3.69. The van der Waals surface area contributed by atoms with E-state index in [4.69, 9.17) is 0 Å². The van der Waals surface area contributed by atoms with E-state index in [1.54, 1.807) is 19.2 Å². The first-order valence-electron chi connectivity index (χ1n) is 10.4. The van der Waals surface area contributed by atoms with Gasteiger partial charge in [-0.05, 0) is 41.8 Å². The van der Waals surface area contributed by atoms with Crippen LogP contribution in [0.1, 0.15) is 30.0 Å². The first-order valence-corrected chi connectivity index (χ1v) is 10.4. The summed E-state index contributed by atoms with van der Waals surface area (Å²) in [6.07, 6.45) is -3.39. The predicted octanol–water partition coefficient (Wildman–Crippen LogP) is 3.60. The molecule has 3 rings (SSSR count). The Kier molecular flexibility index (Phi) is 7.74. The number of halogens is 3. The molecule has 32 heavy (non-hydrogen) atoms. The van der Waals surface area contributed by atoms with Crippen LogP contribution in [0.3, 0.4) is 0 Å². The molecule has 0 spiro atoms. The summed E-state index contributed by atoms with van der Waals surface area (Å²) in [6, 6.07) is 13.1. The minimum atomic E-state index is -4.31. The standard InChI is InChI=1S/C23H28F3N5O/c1-16(32)29-20-5-3-4-18(12-20)13-28-22(27-2)30-21-10-11-31(15-21)14-17-6-8-19(9-7-17)23(24,25)26/h3-9,12,21H,10-11,13-15H2,1-2H3,(H,29,32)(H2,27,28,30). The molecule has 3 N–H and O–H groups in total. The van der Waals surface area contributed by atoms with Crippen molar-refractivity contribution in [1.82, 2.24) is 15.5 Å². The van der Waals surface area contributed by atoms with Crippen LogP contribution in [-0.2, 0) is 24.1 Å². The number of nitrogens with zero attached hydrogens (tertiary/aromatic N) is 2. The Bertz CT molecular complexity index is 943. The fourth-order valence-corrected chi connectivity index (χ4v) is 3.69. The molecule has 0 saturated carbocycles. The molecule has 1 saturated heterocycles. The molecule has 2 aromatic carbocycles. The van der Waals surface area contributed by atoms with Crippen molar-refractivity contribution in [2.75, 3.05) is 25.5 Å². The molecular weight excluding hydrogens is 419 g/mol. The summed E-state index contributed by atoms with van der Waals surface area (Å²) in [4.78, 5) is 17.7. The molecule has 1 atom stereocenters. The molecule has 1 fully saturated rings. The Balaban J connectivity index is 1.47. The van der Waals surface area contributed by atoms with Crippen molar-refractivity contribution in [2.45, 2.75) is 38.7 Å². The highest BCUT2D eigenvalue weighted by atomic mass is 19.4. The zero-order chi connectivity index (χ0) is 23.1. The second kappa shape index (κ2) is 10.5. The van der Waals surface area contributed by atoms with Crippen molar-refractivity contribution in [3.05, 3.63) is 65.2 Å². The Morgan fingerprint density at radius 2 is 1.91 bits per heavy atom. The maximum absolute atomic E-state index is 12.7. The lowest BCUT2D eigenvalue weighted by atomic mass is 10.1. The Hall–Kier alpha value is -3.07. The minimum absolute atomic E-state index is 0.116. The van der Waals surface area contributed by atoms with Gasteiger partial charge in [-0.2, -0.15) is 13.2 Å². The van der Waals surface area contributed by atoms with Gasteiger partial charge in [0.25, 0.3) is 0 Å². The van der Waals surface area contributed by atoms with Gasteiger partial charge in [-0.1, -0.05) is 24.3 Å². The van der Waals surface area contributed by atoms with E-state index >= 15 is 0 Å². The summed E-state index contributed by atoms with van der Waals surface area (Å²) in [5.74, 6) is 0.561. The largest absolute Gasteiger partial charge is 0.416 e. The highest BCUT2D eigenvalue weighted by molar-refractivity contribution is 5.88. The Morgan fingerprint density at radius 3 is 2.56 bits per heavy atom. The van der Waals surface area contributed by atoms with E-state index in [9.17, 15) is 18.0 Å². The maximum Gasteiger partial charge on any atom is 0.416 e. The Morgan fingerprint density at radius 1 is 1.16 bits per heavy atom. The number of hydrogen-bond donors (Lipinski definition) is 3. The highest BCUT2D eigenvalue weighted by Gasteiger charge is 2.30. The molecule has 1 unspecified atom stereocenters. The second-order valence-corrected chi connectivity index (χ2v) is 7.87. The molecule has 9 heteroatoms. The summed E-state index contributed by atoms with van der Waals surface area (Å²) in [5, 5.41) is 9.45. The summed E-state index contributed by atoms with van der Waals surface area (Å²) < 4.78 is 38.2. The summed E-state index contributed by atoms with van der Waals surface area (Å²) in [7, 11) is 1.71. The number of hydrogen-bond acceptors (Lipinski definition) is 3. The van der Waals surface area contributed by atoms with E-state index in [-0.39, 0.29) is 11.9 Å². The zero-order valence-electron chi connectivity index (χ0n) is 18.2. The zero-order valence-corrected chi connectivity index (χ0v) is 18.2. The first kappa shape index (κ1) is 23.6. The number of benzene rings is 2. The van der Waals surface area contributed by atoms with Crippen LogP contribution >= 0.6 is 0 Å². The molecule has 0 aliphatic carbocycles. The van der Waals surface area contributed by atoms with Gasteiger partial charge in [0.1, 0.15) is 0 Å². The monoisotopic (exact) mass is 447 g/mol. The molecule has 1 amide bonds. The van der Waals surface area contributed by atoms with Gasteiger partial charge in [0.2, 0.25) is 5.91 Å². The maximum atomic E-state index is 12.7. The van der Waals surface area contributed by atoms with Gasteiger partial charge < -0.3 is 16.0 Å². The van der Waals surface area contributed by atoms with E-state index in [1.165, 1.54) is 6.92 Å². The normalized spacial score (nSPS) is 17.3. The van der Waals surface area contributed by atoms with Crippen LogP contribution in [0.15, 0.2) is 53.5 Å².